The van der Waals surface area contributed by atoms with E-state index in [4.69, 9.17) is 11.5 Å². The lowest BCUT2D eigenvalue weighted by Crippen LogP contribution is -2.21. The molecule has 6 nitrogen and oxygen atoms in total. The van der Waals surface area contributed by atoms with Crippen LogP contribution < -0.4 is 22.1 Å². The van der Waals surface area contributed by atoms with Crippen molar-refractivity contribution >= 4 is 23.4 Å². The molecule has 1 rings (SSSR count). The van der Waals surface area contributed by atoms with Gasteiger partial charge in [-0.3, -0.25) is 0 Å². The van der Waals surface area contributed by atoms with Crippen LogP contribution in [0.5, 0.6) is 0 Å². The topological polar surface area (TPSA) is 110 Å². The summed E-state index contributed by atoms with van der Waals surface area (Å²) >= 11 is 0. The van der Waals surface area contributed by atoms with Gasteiger partial charge in [0.2, 0.25) is 0 Å². The Morgan fingerprint density at radius 2 is 1.43 bits per heavy atom. The van der Waals surface area contributed by atoms with Crippen molar-refractivity contribution in [1.29, 1.82) is 0 Å². The van der Waals surface area contributed by atoms with Crippen LogP contribution in [-0.4, -0.2) is 12.1 Å². The molecule has 0 aliphatic carbocycles. The zero-order chi connectivity index (χ0) is 10.6. The number of primary amides is 2. The van der Waals surface area contributed by atoms with E-state index in [1.807, 2.05) is 0 Å². The minimum absolute atomic E-state index is 0.490. The van der Waals surface area contributed by atoms with Gasteiger partial charge in [-0.1, -0.05) is 6.07 Å². The summed E-state index contributed by atoms with van der Waals surface area (Å²) in [5.41, 5.74) is 10.8. The van der Waals surface area contributed by atoms with E-state index < -0.39 is 12.1 Å². The van der Waals surface area contributed by atoms with Crippen LogP contribution in [0.4, 0.5) is 21.0 Å². The van der Waals surface area contributed by atoms with Gasteiger partial charge in [0.25, 0.3) is 0 Å². The number of amides is 4. The second kappa shape index (κ2) is 4.13. The van der Waals surface area contributed by atoms with Crippen LogP contribution in [-0.2, 0) is 0 Å². The molecule has 0 saturated carbocycles. The second-order valence-electron chi connectivity index (χ2n) is 2.56. The molecule has 4 amide bonds. The smallest absolute Gasteiger partial charge is 0.316 e. The highest BCUT2D eigenvalue weighted by Crippen LogP contribution is 2.14. The van der Waals surface area contributed by atoms with Crippen LogP contribution in [0, 0.1) is 0 Å². The molecule has 0 aliphatic heterocycles. The van der Waals surface area contributed by atoms with Crippen molar-refractivity contribution in [2.45, 2.75) is 0 Å². The number of carbonyl (C=O) groups excluding carboxylic acids is 2. The molecule has 14 heavy (non-hydrogen) atoms. The first kappa shape index (κ1) is 9.85. The van der Waals surface area contributed by atoms with Gasteiger partial charge in [0, 0.05) is 11.4 Å². The molecular formula is C8H10N4O2. The maximum absolute atomic E-state index is 10.5. The average Bonchev–Trinajstić information content (AvgIpc) is 2.01. The third-order valence-corrected chi connectivity index (χ3v) is 1.40. The van der Waals surface area contributed by atoms with Crippen molar-refractivity contribution in [1.82, 2.24) is 0 Å². The van der Waals surface area contributed by atoms with Crippen molar-refractivity contribution in [3.05, 3.63) is 24.3 Å². The Balaban J connectivity index is 2.78. The number of hydrogen-bond acceptors (Lipinski definition) is 2. The van der Waals surface area contributed by atoms with Gasteiger partial charge in [0.05, 0.1) is 0 Å². The van der Waals surface area contributed by atoms with Crippen LogP contribution >= 0.6 is 0 Å². The van der Waals surface area contributed by atoms with Crippen molar-refractivity contribution in [3.63, 3.8) is 0 Å². The first-order valence-corrected chi connectivity index (χ1v) is 3.81. The van der Waals surface area contributed by atoms with E-state index in [0.29, 0.717) is 11.4 Å². The molecule has 0 bridgehead atoms. The van der Waals surface area contributed by atoms with E-state index in [1.165, 1.54) is 6.07 Å². The summed E-state index contributed by atoms with van der Waals surface area (Å²) in [4.78, 5) is 21.0. The van der Waals surface area contributed by atoms with Crippen LogP contribution in [0.3, 0.4) is 0 Å². The van der Waals surface area contributed by atoms with E-state index in [2.05, 4.69) is 10.6 Å². The molecule has 6 heteroatoms. The summed E-state index contributed by atoms with van der Waals surface area (Å²) < 4.78 is 0. The van der Waals surface area contributed by atoms with Crippen molar-refractivity contribution < 1.29 is 9.59 Å². The van der Waals surface area contributed by atoms with E-state index in [0.717, 1.165) is 0 Å². The van der Waals surface area contributed by atoms with E-state index in [1.54, 1.807) is 18.2 Å². The molecule has 0 radical (unpaired) electrons. The number of nitrogens with two attached hydrogens (primary N) is 2. The Kier molecular flexibility index (Phi) is 2.90. The maximum atomic E-state index is 10.5. The van der Waals surface area contributed by atoms with Gasteiger partial charge in [-0.2, -0.15) is 0 Å². The van der Waals surface area contributed by atoms with Crippen LogP contribution in [0.15, 0.2) is 24.3 Å². The number of anilines is 2. The van der Waals surface area contributed by atoms with Gasteiger partial charge in [-0.25, -0.2) is 9.59 Å². The fraction of sp³-hybridized carbons (Fsp3) is 0. The molecule has 1 aromatic carbocycles. The lowest BCUT2D eigenvalue weighted by Gasteiger charge is -2.04. The molecule has 74 valence electrons. The monoisotopic (exact) mass is 194 g/mol. The fourth-order valence-electron chi connectivity index (χ4n) is 0.959. The fourth-order valence-corrected chi connectivity index (χ4v) is 0.959. The number of benzene rings is 1. The third kappa shape index (κ3) is 3.02. The third-order valence-electron chi connectivity index (χ3n) is 1.40. The standard InChI is InChI=1S/C8H10N4O2/c9-7(13)11-5-2-1-3-6(4-5)12-8(10)14/h1-4H,(H3,9,11,13)(H3,10,12,14). The Morgan fingerprint density at radius 3 is 1.79 bits per heavy atom. The molecule has 0 unspecified atom stereocenters. The predicted octanol–water partition coefficient (Wildman–Crippen LogP) is 0.668. The maximum Gasteiger partial charge on any atom is 0.316 e. The quantitative estimate of drug-likeness (QED) is 0.554. The first-order valence-electron chi connectivity index (χ1n) is 3.81. The summed E-state index contributed by atoms with van der Waals surface area (Å²) in [6.45, 7) is 0. The molecule has 6 N–H and O–H groups in total. The Bertz CT molecular complexity index is 333. The van der Waals surface area contributed by atoms with E-state index >= 15 is 0 Å². The SMILES string of the molecule is NC(=O)Nc1cccc(NC(N)=O)c1. The number of nitrogens with one attached hydrogen (secondary N) is 2. The summed E-state index contributed by atoms with van der Waals surface area (Å²) in [6.07, 6.45) is 0. The van der Waals surface area contributed by atoms with Crippen LogP contribution in [0.2, 0.25) is 0 Å². The zero-order valence-electron chi connectivity index (χ0n) is 7.28. The highest BCUT2D eigenvalue weighted by molar-refractivity contribution is 5.91. The predicted molar refractivity (Wildman–Crippen MR) is 52.9 cm³/mol. The molecule has 0 aliphatic rings. The van der Waals surface area contributed by atoms with E-state index in [-0.39, 0.29) is 0 Å². The van der Waals surface area contributed by atoms with Crippen LogP contribution in [0.1, 0.15) is 0 Å². The normalized spacial score (nSPS) is 9.14. The number of urea groups is 2. The lowest BCUT2D eigenvalue weighted by atomic mass is 10.3. The molecule has 0 aromatic heterocycles. The first-order chi connectivity index (χ1) is 6.58. The average molecular weight is 194 g/mol. The highest BCUT2D eigenvalue weighted by atomic mass is 16.2. The molecule has 1 aromatic rings. The molecule has 0 fully saturated rings. The summed E-state index contributed by atoms with van der Waals surface area (Å²) in [7, 11) is 0. The number of carbonyl (C=O) groups is 2. The summed E-state index contributed by atoms with van der Waals surface area (Å²) in [5.74, 6) is 0. The molecule has 0 saturated heterocycles. The van der Waals surface area contributed by atoms with Crippen molar-refractivity contribution in [2.75, 3.05) is 10.6 Å². The second-order valence-corrected chi connectivity index (χ2v) is 2.56. The summed E-state index contributed by atoms with van der Waals surface area (Å²) in [6, 6.07) is 5.13. The zero-order valence-corrected chi connectivity index (χ0v) is 7.28. The summed E-state index contributed by atoms with van der Waals surface area (Å²) in [5, 5.41) is 4.73. The lowest BCUT2D eigenvalue weighted by molar-refractivity contribution is 0.258. The Labute approximate surface area is 80.3 Å². The van der Waals surface area contributed by atoms with Gasteiger partial charge in [-0.15, -0.1) is 0 Å². The van der Waals surface area contributed by atoms with Crippen molar-refractivity contribution in [3.8, 4) is 0 Å². The molecule has 0 heterocycles. The van der Waals surface area contributed by atoms with Gasteiger partial charge in [0.15, 0.2) is 0 Å². The van der Waals surface area contributed by atoms with Gasteiger partial charge < -0.3 is 22.1 Å². The van der Waals surface area contributed by atoms with Crippen molar-refractivity contribution in [2.24, 2.45) is 11.5 Å². The molecule has 0 atom stereocenters. The van der Waals surface area contributed by atoms with E-state index in [9.17, 15) is 9.59 Å². The minimum Gasteiger partial charge on any atom is -0.351 e. The molecular weight excluding hydrogens is 184 g/mol. The largest absolute Gasteiger partial charge is 0.351 e. The number of hydrogen-bond donors (Lipinski definition) is 4. The minimum atomic E-state index is -0.666. The highest BCUT2D eigenvalue weighted by Gasteiger charge is 1.99. The number of rotatable bonds is 2. The van der Waals surface area contributed by atoms with Gasteiger partial charge in [0.1, 0.15) is 0 Å². The van der Waals surface area contributed by atoms with Gasteiger partial charge in [-0.05, 0) is 18.2 Å². The Hall–Kier alpha value is -2.24. The van der Waals surface area contributed by atoms with Crippen LogP contribution in [0.25, 0.3) is 0 Å². The molecule has 0 spiro atoms. The Morgan fingerprint density at radius 1 is 1.00 bits per heavy atom. The van der Waals surface area contributed by atoms with Gasteiger partial charge >= 0.3 is 12.1 Å².